The Morgan fingerprint density at radius 1 is 1.09 bits per heavy atom. The molecule has 0 aromatic heterocycles. The van der Waals surface area contributed by atoms with Gasteiger partial charge in [0, 0.05) is 39.1 Å². The molecular weight excluding hydrogens is 294 g/mol. The van der Waals surface area contributed by atoms with Gasteiger partial charge in [0.2, 0.25) is 5.91 Å². The number of nitrogens with one attached hydrogen (secondary N) is 1. The number of urea groups is 1. The van der Waals surface area contributed by atoms with E-state index in [1.807, 2.05) is 42.2 Å². The molecule has 1 aliphatic rings. The molecule has 1 saturated heterocycles. The quantitative estimate of drug-likeness (QED) is 0.812. The van der Waals surface area contributed by atoms with Crippen LogP contribution < -0.4 is 10.1 Å². The van der Waals surface area contributed by atoms with Crippen LogP contribution in [0.15, 0.2) is 30.3 Å². The van der Waals surface area contributed by atoms with Crippen molar-refractivity contribution >= 4 is 11.9 Å². The number of amides is 3. The van der Waals surface area contributed by atoms with Gasteiger partial charge in [0.15, 0.2) is 0 Å². The summed E-state index contributed by atoms with van der Waals surface area (Å²) in [5.74, 6) is 0.965. The molecule has 6 nitrogen and oxygen atoms in total. The van der Waals surface area contributed by atoms with E-state index in [1.165, 1.54) is 0 Å². The second-order valence-electron chi connectivity index (χ2n) is 5.47. The van der Waals surface area contributed by atoms with E-state index in [-0.39, 0.29) is 11.9 Å². The minimum Gasteiger partial charge on any atom is -0.494 e. The van der Waals surface area contributed by atoms with Gasteiger partial charge < -0.3 is 19.9 Å². The third kappa shape index (κ3) is 5.47. The van der Waals surface area contributed by atoms with Crippen LogP contribution in [0.3, 0.4) is 0 Å². The fourth-order valence-corrected chi connectivity index (χ4v) is 2.51. The first-order valence-electron chi connectivity index (χ1n) is 8.19. The minimum absolute atomic E-state index is 0.0455. The highest BCUT2D eigenvalue weighted by Crippen LogP contribution is 2.10. The van der Waals surface area contributed by atoms with Crippen molar-refractivity contribution in [2.24, 2.45) is 0 Å². The summed E-state index contributed by atoms with van der Waals surface area (Å²) in [6.45, 7) is 5.46. The summed E-state index contributed by atoms with van der Waals surface area (Å²) in [5.41, 5.74) is 0. The lowest BCUT2D eigenvalue weighted by molar-refractivity contribution is -0.132. The maximum absolute atomic E-state index is 12.2. The van der Waals surface area contributed by atoms with E-state index in [0.29, 0.717) is 52.2 Å². The monoisotopic (exact) mass is 319 g/mol. The zero-order valence-corrected chi connectivity index (χ0v) is 13.7. The summed E-state index contributed by atoms with van der Waals surface area (Å²) in [6.07, 6.45) is 1.18. The summed E-state index contributed by atoms with van der Waals surface area (Å²) >= 11 is 0. The molecule has 1 aromatic rings. The predicted octanol–water partition coefficient (Wildman–Crippen LogP) is 1.72. The molecule has 1 fully saturated rings. The standard InChI is InChI=1S/C17H25N3O3/c1-2-18-17(22)20-12-10-19(11-13-20)16(21)9-6-14-23-15-7-4-3-5-8-15/h3-5,7-8H,2,6,9-14H2,1H3,(H,18,22). The van der Waals surface area contributed by atoms with Gasteiger partial charge >= 0.3 is 6.03 Å². The highest BCUT2D eigenvalue weighted by molar-refractivity contribution is 5.77. The van der Waals surface area contributed by atoms with Crippen molar-refractivity contribution in [3.63, 3.8) is 0 Å². The Kier molecular flexibility index (Phi) is 6.72. The zero-order valence-electron chi connectivity index (χ0n) is 13.7. The Hall–Kier alpha value is -2.24. The number of ether oxygens (including phenoxy) is 1. The van der Waals surface area contributed by atoms with Crippen molar-refractivity contribution in [3.05, 3.63) is 30.3 Å². The van der Waals surface area contributed by atoms with Crippen molar-refractivity contribution < 1.29 is 14.3 Å². The Balaban J connectivity index is 1.62. The molecule has 0 aliphatic carbocycles. The molecule has 0 spiro atoms. The van der Waals surface area contributed by atoms with Crippen LogP contribution in [0.4, 0.5) is 4.79 Å². The van der Waals surface area contributed by atoms with Crippen LogP contribution >= 0.6 is 0 Å². The lowest BCUT2D eigenvalue weighted by atomic mass is 10.2. The lowest BCUT2D eigenvalue weighted by Gasteiger charge is -2.34. The first-order chi connectivity index (χ1) is 11.2. The number of hydrogen-bond donors (Lipinski definition) is 1. The molecule has 3 amide bonds. The van der Waals surface area contributed by atoms with Gasteiger partial charge in [-0.3, -0.25) is 4.79 Å². The summed E-state index contributed by atoms with van der Waals surface area (Å²) in [7, 11) is 0. The molecule has 0 saturated carbocycles. The Bertz CT molecular complexity index is 499. The second kappa shape index (κ2) is 9.02. The van der Waals surface area contributed by atoms with Crippen LogP contribution in [0, 0.1) is 0 Å². The van der Waals surface area contributed by atoms with Crippen LogP contribution in [0.5, 0.6) is 5.75 Å². The lowest BCUT2D eigenvalue weighted by Crippen LogP contribution is -2.53. The number of rotatable bonds is 6. The van der Waals surface area contributed by atoms with Crippen LogP contribution in [-0.2, 0) is 4.79 Å². The van der Waals surface area contributed by atoms with Crippen LogP contribution in [0.25, 0.3) is 0 Å². The largest absolute Gasteiger partial charge is 0.494 e. The van der Waals surface area contributed by atoms with Gasteiger partial charge in [-0.2, -0.15) is 0 Å². The van der Waals surface area contributed by atoms with Crippen molar-refractivity contribution in [3.8, 4) is 5.75 Å². The number of carbonyl (C=O) groups excluding carboxylic acids is 2. The van der Waals surface area contributed by atoms with Gasteiger partial charge in [-0.15, -0.1) is 0 Å². The first kappa shape index (κ1) is 17.1. The van der Waals surface area contributed by atoms with E-state index < -0.39 is 0 Å². The van der Waals surface area contributed by atoms with E-state index in [0.717, 1.165) is 5.75 Å². The van der Waals surface area contributed by atoms with E-state index in [1.54, 1.807) is 4.90 Å². The summed E-state index contributed by atoms with van der Waals surface area (Å²) in [6, 6.07) is 9.56. The van der Waals surface area contributed by atoms with Gasteiger partial charge in [-0.05, 0) is 25.5 Å². The normalized spacial score (nSPS) is 14.5. The molecule has 2 rings (SSSR count). The number of carbonyl (C=O) groups is 2. The summed E-state index contributed by atoms with van der Waals surface area (Å²) < 4.78 is 5.59. The van der Waals surface area contributed by atoms with E-state index >= 15 is 0 Å². The third-order valence-electron chi connectivity index (χ3n) is 3.79. The van der Waals surface area contributed by atoms with Gasteiger partial charge in [0.25, 0.3) is 0 Å². The topological polar surface area (TPSA) is 61.9 Å². The molecule has 1 aliphatic heterocycles. The molecule has 0 bridgehead atoms. The summed E-state index contributed by atoms with van der Waals surface area (Å²) in [4.78, 5) is 27.5. The van der Waals surface area contributed by atoms with E-state index in [9.17, 15) is 9.59 Å². The highest BCUT2D eigenvalue weighted by Gasteiger charge is 2.23. The number of para-hydroxylation sites is 1. The van der Waals surface area contributed by atoms with Crippen molar-refractivity contribution in [2.45, 2.75) is 19.8 Å². The van der Waals surface area contributed by atoms with Crippen molar-refractivity contribution in [1.82, 2.24) is 15.1 Å². The molecule has 1 aromatic carbocycles. The van der Waals surface area contributed by atoms with Crippen LogP contribution in [0.1, 0.15) is 19.8 Å². The smallest absolute Gasteiger partial charge is 0.317 e. The maximum Gasteiger partial charge on any atom is 0.317 e. The molecule has 1 N–H and O–H groups in total. The molecule has 0 radical (unpaired) electrons. The average molecular weight is 319 g/mol. The number of nitrogens with zero attached hydrogens (tertiary/aromatic N) is 2. The molecular formula is C17H25N3O3. The van der Waals surface area contributed by atoms with Gasteiger partial charge in [-0.1, -0.05) is 18.2 Å². The number of benzene rings is 1. The second-order valence-corrected chi connectivity index (χ2v) is 5.47. The molecule has 0 unspecified atom stereocenters. The Morgan fingerprint density at radius 3 is 2.39 bits per heavy atom. The molecule has 126 valence electrons. The average Bonchev–Trinajstić information content (AvgIpc) is 2.60. The van der Waals surface area contributed by atoms with Crippen LogP contribution in [0.2, 0.25) is 0 Å². The summed E-state index contributed by atoms with van der Waals surface area (Å²) in [5, 5.41) is 2.78. The SMILES string of the molecule is CCNC(=O)N1CCN(C(=O)CCCOc2ccccc2)CC1. The Morgan fingerprint density at radius 2 is 1.74 bits per heavy atom. The predicted molar refractivity (Wildman–Crippen MR) is 88.4 cm³/mol. The number of piperazine rings is 1. The van der Waals surface area contributed by atoms with Crippen molar-refractivity contribution in [2.75, 3.05) is 39.3 Å². The minimum atomic E-state index is -0.0455. The maximum atomic E-state index is 12.2. The van der Waals surface area contributed by atoms with Gasteiger partial charge in [-0.25, -0.2) is 4.79 Å². The molecule has 0 atom stereocenters. The number of hydrogen-bond acceptors (Lipinski definition) is 3. The molecule has 1 heterocycles. The van der Waals surface area contributed by atoms with E-state index in [2.05, 4.69) is 5.32 Å². The molecule has 6 heteroatoms. The zero-order chi connectivity index (χ0) is 16.5. The van der Waals surface area contributed by atoms with Crippen LogP contribution in [-0.4, -0.2) is 61.1 Å². The Labute approximate surface area is 137 Å². The van der Waals surface area contributed by atoms with Gasteiger partial charge in [0.05, 0.1) is 6.61 Å². The van der Waals surface area contributed by atoms with Crippen molar-refractivity contribution in [1.29, 1.82) is 0 Å². The third-order valence-corrected chi connectivity index (χ3v) is 3.79. The van der Waals surface area contributed by atoms with E-state index in [4.69, 9.17) is 4.74 Å². The first-order valence-corrected chi connectivity index (χ1v) is 8.19. The highest BCUT2D eigenvalue weighted by atomic mass is 16.5. The molecule has 23 heavy (non-hydrogen) atoms. The van der Waals surface area contributed by atoms with Gasteiger partial charge in [0.1, 0.15) is 5.75 Å². The fraction of sp³-hybridized carbons (Fsp3) is 0.529. The fourth-order valence-electron chi connectivity index (χ4n) is 2.51.